The van der Waals surface area contributed by atoms with E-state index in [1.54, 1.807) is 24.3 Å². The zero-order valence-electron chi connectivity index (χ0n) is 20.3. The van der Waals surface area contributed by atoms with Crippen LogP contribution in [0, 0.1) is 13.8 Å². The standard InChI is InChI=1S/C26H29ClN2O4S/c1-7-14-29-26(33-34(31,32)20-10-8-17(4)9-11-20)22(15-28-29)25(30)21-12-13-23(27)24(19(21)6)18(5)16(2)3/h8-13,15H,7,14H2,1-6H3. The maximum Gasteiger partial charge on any atom is 0.340 e. The highest BCUT2D eigenvalue weighted by Gasteiger charge is 2.28. The normalized spacial score (nSPS) is 11.4. The SMILES string of the molecule is CCCn1ncc(C(=O)c2ccc(Cl)c(C(C)=C(C)C)c2C)c1OS(=O)(=O)c1ccc(C)cc1. The van der Waals surface area contributed by atoms with Gasteiger partial charge in [0, 0.05) is 17.1 Å². The first-order chi connectivity index (χ1) is 16.0. The number of aromatic nitrogens is 2. The van der Waals surface area contributed by atoms with Crippen LogP contribution in [0.3, 0.4) is 0 Å². The predicted octanol–water partition coefficient (Wildman–Crippen LogP) is 6.38. The zero-order chi connectivity index (χ0) is 25.2. The third-order valence-electron chi connectivity index (χ3n) is 5.75. The summed E-state index contributed by atoms with van der Waals surface area (Å²) in [6, 6.07) is 9.67. The van der Waals surface area contributed by atoms with Crippen LogP contribution in [0.25, 0.3) is 5.57 Å². The molecule has 2 aromatic carbocycles. The highest BCUT2D eigenvalue weighted by atomic mass is 35.5. The van der Waals surface area contributed by atoms with Gasteiger partial charge in [-0.2, -0.15) is 13.5 Å². The van der Waals surface area contributed by atoms with Gasteiger partial charge >= 0.3 is 10.1 Å². The van der Waals surface area contributed by atoms with E-state index in [2.05, 4.69) is 5.10 Å². The molecule has 0 aliphatic carbocycles. The summed E-state index contributed by atoms with van der Waals surface area (Å²) in [7, 11) is -4.17. The molecule has 0 amide bonds. The Kier molecular flexibility index (Phi) is 7.68. The van der Waals surface area contributed by atoms with Crippen molar-refractivity contribution in [1.82, 2.24) is 9.78 Å². The summed E-state index contributed by atoms with van der Waals surface area (Å²) < 4.78 is 33.0. The molecule has 0 fully saturated rings. The summed E-state index contributed by atoms with van der Waals surface area (Å²) in [6.07, 6.45) is 2.04. The van der Waals surface area contributed by atoms with Gasteiger partial charge in [0.1, 0.15) is 10.5 Å². The van der Waals surface area contributed by atoms with Crippen molar-refractivity contribution in [1.29, 1.82) is 0 Å². The van der Waals surface area contributed by atoms with Crippen LogP contribution in [-0.2, 0) is 16.7 Å². The molecule has 0 radical (unpaired) electrons. The molecule has 6 nitrogen and oxygen atoms in total. The number of hydrogen-bond donors (Lipinski definition) is 0. The molecule has 34 heavy (non-hydrogen) atoms. The topological polar surface area (TPSA) is 78.3 Å². The Bertz CT molecular complexity index is 1370. The molecular weight excluding hydrogens is 472 g/mol. The minimum atomic E-state index is -4.17. The number of carbonyl (C=O) groups is 1. The fourth-order valence-corrected chi connectivity index (χ4v) is 4.92. The van der Waals surface area contributed by atoms with E-state index in [4.69, 9.17) is 15.8 Å². The molecule has 3 rings (SSSR count). The van der Waals surface area contributed by atoms with E-state index in [1.165, 1.54) is 23.0 Å². The first kappa shape index (κ1) is 25.7. The number of aryl methyl sites for hydroxylation is 2. The predicted molar refractivity (Wildman–Crippen MR) is 135 cm³/mol. The summed E-state index contributed by atoms with van der Waals surface area (Å²) in [5, 5.41) is 4.80. The summed E-state index contributed by atoms with van der Waals surface area (Å²) in [6.45, 7) is 11.9. The molecule has 0 aliphatic heterocycles. The lowest BCUT2D eigenvalue weighted by Crippen LogP contribution is -2.16. The maximum atomic E-state index is 13.6. The highest BCUT2D eigenvalue weighted by Crippen LogP contribution is 2.34. The number of ketones is 1. The Morgan fingerprint density at radius 1 is 1.03 bits per heavy atom. The van der Waals surface area contributed by atoms with Crippen molar-refractivity contribution in [2.24, 2.45) is 0 Å². The van der Waals surface area contributed by atoms with Crippen molar-refractivity contribution in [2.45, 2.75) is 59.4 Å². The quantitative estimate of drug-likeness (QED) is 0.265. The molecule has 8 heteroatoms. The molecule has 180 valence electrons. The van der Waals surface area contributed by atoms with Gasteiger partial charge in [-0.25, -0.2) is 4.68 Å². The molecule has 0 spiro atoms. The van der Waals surface area contributed by atoms with E-state index in [0.717, 1.165) is 22.3 Å². The number of hydrogen-bond acceptors (Lipinski definition) is 5. The molecule has 0 atom stereocenters. The fourth-order valence-electron chi connectivity index (χ4n) is 3.63. The molecule has 0 N–H and O–H groups in total. The van der Waals surface area contributed by atoms with Crippen LogP contribution >= 0.6 is 11.6 Å². The summed E-state index contributed by atoms with van der Waals surface area (Å²) >= 11 is 6.47. The Morgan fingerprint density at radius 2 is 1.68 bits per heavy atom. The molecule has 1 aromatic heterocycles. The van der Waals surface area contributed by atoms with E-state index < -0.39 is 10.1 Å². The monoisotopic (exact) mass is 500 g/mol. The van der Waals surface area contributed by atoms with Crippen molar-refractivity contribution in [3.63, 3.8) is 0 Å². The van der Waals surface area contributed by atoms with Crippen LogP contribution in [0.1, 0.15) is 66.7 Å². The van der Waals surface area contributed by atoms with Crippen LogP contribution in [0.4, 0.5) is 0 Å². The van der Waals surface area contributed by atoms with Crippen LogP contribution in [0.15, 0.2) is 53.1 Å². The first-order valence-corrected chi connectivity index (χ1v) is 12.8. The second-order valence-electron chi connectivity index (χ2n) is 8.49. The van der Waals surface area contributed by atoms with E-state index >= 15 is 0 Å². The van der Waals surface area contributed by atoms with Gasteiger partial charge in [0.2, 0.25) is 5.88 Å². The summed E-state index contributed by atoms with van der Waals surface area (Å²) in [5.74, 6) is -0.476. The molecule has 0 aliphatic rings. The molecule has 3 aromatic rings. The number of rotatable bonds is 8. The Morgan fingerprint density at radius 3 is 2.26 bits per heavy atom. The molecule has 0 bridgehead atoms. The van der Waals surface area contributed by atoms with E-state index in [1.807, 2.05) is 41.5 Å². The largest absolute Gasteiger partial charge is 0.358 e. The number of benzene rings is 2. The van der Waals surface area contributed by atoms with Crippen molar-refractivity contribution in [2.75, 3.05) is 0 Å². The lowest BCUT2D eigenvalue weighted by Gasteiger charge is -2.15. The van der Waals surface area contributed by atoms with Gasteiger partial charge in [0.05, 0.1) is 6.20 Å². The van der Waals surface area contributed by atoms with Gasteiger partial charge in [-0.15, -0.1) is 0 Å². The van der Waals surface area contributed by atoms with Crippen molar-refractivity contribution < 1.29 is 17.4 Å². The molecule has 0 unspecified atom stereocenters. The Labute approximate surface area is 206 Å². The summed E-state index contributed by atoms with van der Waals surface area (Å²) in [4.78, 5) is 13.6. The van der Waals surface area contributed by atoms with Crippen LogP contribution in [0.5, 0.6) is 5.88 Å². The third-order valence-corrected chi connectivity index (χ3v) is 7.29. The lowest BCUT2D eigenvalue weighted by molar-refractivity contribution is 0.103. The average molecular weight is 501 g/mol. The maximum absolute atomic E-state index is 13.6. The molecule has 0 saturated carbocycles. The lowest BCUT2D eigenvalue weighted by atomic mass is 9.92. The second-order valence-corrected chi connectivity index (χ2v) is 10.4. The van der Waals surface area contributed by atoms with Crippen LogP contribution in [0.2, 0.25) is 5.02 Å². The molecular formula is C26H29ClN2O4S. The number of halogens is 1. The highest BCUT2D eigenvalue weighted by molar-refractivity contribution is 7.87. The second kappa shape index (κ2) is 10.2. The van der Waals surface area contributed by atoms with Crippen molar-refractivity contribution in [3.05, 3.63) is 81.0 Å². The Hall–Kier alpha value is -2.90. The minimum Gasteiger partial charge on any atom is -0.358 e. The number of allylic oxidation sites excluding steroid dienone is 2. The first-order valence-electron chi connectivity index (χ1n) is 11.0. The van der Waals surface area contributed by atoms with Gasteiger partial charge in [0.25, 0.3) is 0 Å². The zero-order valence-corrected chi connectivity index (χ0v) is 21.8. The number of nitrogens with zero attached hydrogens (tertiary/aromatic N) is 2. The van der Waals surface area contributed by atoms with Gasteiger partial charge in [-0.3, -0.25) is 4.79 Å². The van der Waals surface area contributed by atoms with Gasteiger partial charge < -0.3 is 4.18 Å². The Balaban J connectivity index is 2.12. The van der Waals surface area contributed by atoms with Gasteiger partial charge in [0.15, 0.2) is 5.78 Å². The van der Waals surface area contributed by atoms with E-state index in [0.29, 0.717) is 29.1 Å². The van der Waals surface area contributed by atoms with E-state index in [9.17, 15) is 13.2 Å². The third kappa shape index (κ3) is 5.10. The van der Waals surface area contributed by atoms with Crippen molar-refractivity contribution in [3.8, 4) is 5.88 Å². The van der Waals surface area contributed by atoms with Crippen LogP contribution < -0.4 is 4.18 Å². The minimum absolute atomic E-state index is 0.00453. The fraction of sp³-hybridized carbons (Fsp3) is 0.308. The van der Waals surface area contributed by atoms with Gasteiger partial charge in [-0.05, 0) is 82.0 Å². The average Bonchev–Trinajstić information content (AvgIpc) is 3.15. The van der Waals surface area contributed by atoms with E-state index in [-0.39, 0.29) is 22.1 Å². The van der Waals surface area contributed by atoms with Gasteiger partial charge in [-0.1, -0.05) is 41.8 Å². The molecule has 1 heterocycles. The van der Waals surface area contributed by atoms with Crippen LogP contribution in [-0.4, -0.2) is 24.0 Å². The van der Waals surface area contributed by atoms with Crippen molar-refractivity contribution >= 4 is 33.1 Å². The smallest absolute Gasteiger partial charge is 0.340 e. The number of carbonyl (C=O) groups excluding carboxylic acids is 1. The molecule has 0 saturated heterocycles. The summed E-state index contributed by atoms with van der Waals surface area (Å²) in [5.41, 5.74) is 4.99.